The second kappa shape index (κ2) is 9.50. The number of carbonyl (C=O) groups excluding carboxylic acids is 1. The highest BCUT2D eigenvalue weighted by molar-refractivity contribution is 6.04. The highest BCUT2D eigenvalue weighted by Crippen LogP contribution is 2.33. The van der Waals surface area contributed by atoms with Crippen molar-refractivity contribution in [2.45, 2.75) is 51.9 Å². The number of nitrogens with zero attached hydrogens (tertiary/aromatic N) is 3. The number of aryl methyl sites for hydroxylation is 1. The number of anilines is 2. The number of nitrogens with one attached hydrogen (secondary N) is 1. The van der Waals surface area contributed by atoms with Crippen LogP contribution < -0.4 is 15.8 Å². The Morgan fingerprint density at radius 3 is 2.75 bits per heavy atom. The van der Waals surface area contributed by atoms with Gasteiger partial charge in [0.05, 0.1) is 12.3 Å². The van der Waals surface area contributed by atoms with Gasteiger partial charge < -0.3 is 15.0 Å². The standard InChI is InChI=1S/C28H31FN4O3/c1-18-4-5-21(31-27(35)19-6-9-30-24(14-19)28(2,3)29)17-23(18)20-15-25-32-11-13-36-12-8-22(32)7-10-33(25)26(34)16-20/h4-6,9,14-17,22H,7-8,10-13H2,1-3H3,(H,31,35)/t22-/m0/s1. The molecule has 4 heterocycles. The summed E-state index contributed by atoms with van der Waals surface area (Å²) in [6.45, 7) is 7.65. The fourth-order valence-corrected chi connectivity index (χ4v) is 5.01. The van der Waals surface area contributed by atoms with Crippen LogP contribution in [-0.4, -0.2) is 41.3 Å². The normalized spacial score (nSPS) is 17.7. The number of alkyl halides is 1. The van der Waals surface area contributed by atoms with Gasteiger partial charge in [-0.15, -0.1) is 0 Å². The van der Waals surface area contributed by atoms with Gasteiger partial charge >= 0.3 is 0 Å². The molecule has 2 aliphatic rings. The van der Waals surface area contributed by atoms with E-state index in [0.29, 0.717) is 30.4 Å². The molecule has 8 heteroatoms. The number of halogens is 1. The lowest BCUT2D eigenvalue weighted by atomic mass is 9.98. The summed E-state index contributed by atoms with van der Waals surface area (Å²) in [7, 11) is 0. The van der Waals surface area contributed by atoms with Crippen LogP contribution in [-0.2, 0) is 17.0 Å². The molecule has 0 spiro atoms. The van der Waals surface area contributed by atoms with E-state index in [-0.39, 0.29) is 17.2 Å². The molecule has 1 N–H and O–H groups in total. The summed E-state index contributed by atoms with van der Waals surface area (Å²) in [4.78, 5) is 32.4. The summed E-state index contributed by atoms with van der Waals surface area (Å²) in [5.41, 5.74) is 2.13. The first-order chi connectivity index (χ1) is 17.2. The summed E-state index contributed by atoms with van der Waals surface area (Å²) < 4.78 is 21.9. The Labute approximate surface area is 209 Å². The molecule has 36 heavy (non-hydrogen) atoms. The average molecular weight is 491 g/mol. The van der Waals surface area contributed by atoms with Gasteiger partial charge in [-0.05, 0) is 80.6 Å². The largest absolute Gasteiger partial charge is 0.380 e. The Morgan fingerprint density at radius 1 is 1.11 bits per heavy atom. The predicted molar refractivity (Wildman–Crippen MR) is 138 cm³/mol. The number of amides is 1. The maximum Gasteiger partial charge on any atom is 0.255 e. The van der Waals surface area contributed by atoms with Gasteiger partial charge in [0.25, 0.3) is 11.5 Å². The quantitative estimate of drug-likeness (QED) is 0.575. The zero-order chi connectivity index (χ0) is 25.4. The van der Waals surface area contributed by atoms with Crippen LogP contribution in [0.4, 0.5) is 15.9 Å². The van der Waals surface area contributed by atoms with E-state index in [1.54, 1.807) is 12.1 Å². The lowest BCUT2D eigenvalue weighted by molar-refractivity contribution is 0.102. The van der Waals surface area contributed by atoms with Crippen molar-refractivity contribution in [3.63, 3.8) is 0 Å². The molecule has 3 aromatic rings. The van der Waals surface area contributed by atoms with Crippen LogP contribution in [0.1, 0.15) is 48.3 Å². The molecule has 188 valence electrons. The maximum absolute atomic E-state index is 14.3. The number of carbonyl (C=O) groups is 1. The van der Waals surface area contributed by atoms with E-state index in [2.05, 4.69) is 21.3 Å². The van der Waals surface area contributed by atoms with E-state index in [4.69, 9.17) is 4.74 Å². The molecular formula is C28H31FN4O3. The maximum atomic E-state index is 14.3. The summed E-state index contributed by atoms with van der Waals surface area (Å²) in [5, 5.41) is 2.91. The summed E-state index contributed by atoms with van der Waals surface area (Å²) in [6.07, 6.45) is 3.33. The number of pyridine rings is 2. The van der Waals surface area contributed by atoms with Crippen LogP contribution in [0, 0.1) is 6.92 Å². The Kier molecular flexibility index (Phi) is 6.38. The highest BCUT2D eigenvalue weighted by Gasteiger charge is 2.29. The van der Waals surface area contributed by atoms with Crippen molar-refractivity contribution < 1.29 is 13.9 Å². The van der Waals surface area contributed by atoms with Crippen LogP contribution in [0.3, 0.4) is 0 Å². The van der Waals surface area contributed by atoms with Crippen molar-refractivity contribution in [1.29, 1.82) is 0 Å². The first-order valence-electron chi connectivity index (χ1n) is 12.4. The number of fused-ring (bicyclic) bond motifs is 3. The molecule has 1 fully saturated rings. The van der Waals surface area contributed by atoms with Crippen molar-refractivity contribution in [3.8, 4) is 11.1 Å². The van der Waals surface area contributed by atoms with Gasteiger partial charge in [0.15, 0.2) is 0 Å². The Balaban J connectivity index is 1.46. The third-order valence-electron chi connectivity index (χ3n) is 7.04. The van der Waals surface area contributed by atoms with Crippen LogP contribution in [0.2, 0.25) is 0 Å². The molecule has 0 radical (unpaired) electrons. The molecule has 1 saturated heterocycles. The van der Waals surface area contributed by atoms with E-state index in [1.165, 1.54) is 26.1 Å². The molecule has 0 bridgehead atoms. The molecule has 1 amide bonds. The zero-order valence-corrected chi connectivity index (χ0v) is 20.9. The second-order valence-electron chi connectivity index (χ2n) is 10.0. The summed E-state index contributed by atoms with van der Waals surface area (Å²) in [6, 6.07) is 12.8. The Hall–Kier alpha value is -3.52. The van der Waals surface area contributed by atoms with Gasteiger partial charge in [-0.1, -0.05) is 6.07 Å². The van der Waals surface area contributed by atoms with Crippen LogP contribution >= 0.6 is 0 Å². The molecule has 2 aromatic heterocycles. The van der Waals surface area contributed by atoms with Gasteiger partial charge in [0.1, 0.15) is 11.5 Å². The third-order valence-corrected chi connectivity index (χ3v) is 7.04. The summed E-state index contributed by atoms with van der Waals surface area (Å²) >= 11 is 0. The molecule has 5 rings (SSSR count). The van der Waals surface area contributed by atoms with Crippen molar-refractivity contribution in [2.75, 3.05) is 30.0 Å². The SMILES string of the molecule is Cc1ccc(NC(=O)c2ccnc(C(C)(C)F)c2)cc1-c1cc2n(c(=O)c1)CC[C@H]1CCOCCN21. The minimum atomic E-state index is -1.65. The Bertz CT molecular complexity index is 1360. The van der Waals surface area contributed by atoms with Crippen LogP contribution in [0.15, 0.2) is 53.5 Å². The van der Waals surface area contributed by atoms with Gasteiger partial charge in [-0.25, -0.2) is 4.39 Å². The van der Waals surface area contributed by atoms with Crippen molar-refractivity contribution in [3.05, 3.63) is 75.8 Å². The number of hydrogen-bond acceptors (Lipinski definition) is 5. The molecule has 0 saturated carbocycles. The molecule has 0 aliphatic carbocycles. The van der Waals surface area contributed by atoms with Crippen molar-refractivity contribution >= 4 is 17.4 Å². The van der Waals surface area contributed by atoms with Crippen molar-refractivity contribution in [2.24, 2.45) is 0 Å². The number of aromatic nitrogens is 2. The average Bonchev–Trinajstić information content (AvgIpc) is 3.10. The summed E-state index contributed by atoms with van der Waals surface area (Å²) in [5.74, 6) is 0.571. The third kappa shape index (κ3) is 4.78. The van der Waals surface area contributed by atoms with Gasteiger partial charge in [-0.3, -0.25) is 19.1 Å². The lowest BCUT2D eigenvalue weighted by Crippen LogP contribution is -2.45. The lowest BCUT2D eigenvalue weighted by Gasteiger charge is -2.38. The number of rotatable bonds is 4. The van der Waals surface area contributed by atoms with E-state index in [1.807, 2.05) is 29.7 Å². The van der Waals surface area contributed by atoms with Gasteiger partial charge in [-0.2, -0.15) is 0 Å². The number of ether oxygens (including phenoxy) is 1. The minimum Gasteiger partial charge on any atom is -0.380 e. The molecule has 1 aromatic carbocycles. The van der Waals surface area contributed by atoms with E-state index >= 15 is 0 Å². The van der Waals surface area contributed by atoms with Gasteiger partial charge in [0.2, 0.25) is 0 Å². The van der Waals surface area contributed by atoms with E-state index in [9.17, 15) is 14.0 Å². The highest BCUT2D eigenvalue weighted by atomic mass is 19.1. The fraction of sp³-hybridized carbons (Fsp3) is 0.393. The van der Waals surface area contributed by atoms with E-state index < -0.39 is 5.67 Å². The molecule has 0 unspecified atom stereocenters. The molecule has 1 atom stereocenters. The van der Waals surface area contributed by atoms with Gasteiger partial charge in [0, 0.05) is 49.3 Å². The second-order valence-corrected chi connectivity index (χ2v) is 10.0. The van der Waals surface area contributed by atoms with E-state index in [0.717, 1.165) is 48.5 Å². The van der Waals surface area contributed by atoms with Crippen molar-refractivity contribution in [1.82, 2.24) is 9.55 Å². The van der Waals surface area contributed by atoms with Crippen LogP contribution in [0.5, 0.6) is 0 Å². The number of benzene rings is 1. The minimum absolute atomic E-state index is 0.0295. The first kappa shape index (κ1) is 24.2. The monoisotopic (exact) mass is 490 g/mol. The topological polar surface area (TPSA) is 76.5 Å². The fourth-order valence-electron chi connectivity index (χ4n) is 5.01. The smallest absolute Gasteiger partial charge is 0.255 e. The predicted octanol–water partition coefficient (Wildman–Crippen LogP) is 4.67. The molecule has 7 nitrogen and oxygen atoms in total. The molecule has 2 aliphatic heterocycles. The Morgan fingerprint density at radius 2 is 1.94 bits per heavy atom. The first-order valence-corrected chi connectivity index (χ1v) is 12.4. The zero-order valence-electron chi connectivity index (χ0n) is 20.9. The molecular weight excluding hydrogens is 459 g/mol. The number of hydrogen-bond donors (Lipinski definition) is 1. The van der Waals surface area contributed by atoms with Crippen LogP contribution in [0.25, 0.3) is 11.1 Å².